The molecule has 102 valence electrons. The highest BCUT2D eigenvalue weighted by atomic mass is 32.2. The van der Waals surface area contributed by atoms with Crippen molar-refractivity contribution in [1.82, 2.24) is 0 Å². The largest absolute Gasteiger partial charge is 0.478 e. The van der Waals surface area contributed by atoms with Crippen molar-refractivity contribution in [2.45, 2.75) is 16.7 Å². The van der Waals surface area contributed by atoms with Crippen LogP contribution < -0.4 is 4.74 Å². The molecule has 2 rings (SSSR count). The molecule has 0 saturated carbocycles. The van der Waals surface area contributed by atoms with Gasteiger partial charge in [-0.15, -0.1) is 0 Å². The van der Waals surface area contributed by atoms with Crippen LogP contribution in [0, 0.1) is 0 Å². The topological polar surface area (TPSA) is 63.6 Å². The SMILES string of the molecule is CC(=O)Oc1cc(C(=O)O)ccc1Sc1ccccc1. The van der Waals surface area contributed by atoms with Crippen molar-refractivity contribution in [3.63, 3.8) is 0 Å². The number of hydrogen-bond donors (Lipinski definition) is 1. The normalized spacial score (nSPS) is 10.1. The van der Waals surface area contributed by atoms with Gasteiger partial charge in [0.05, 0.1) is 10.5 Å². The molecule has 0 heterocycles. The number of hydrogen-bond acceptors (Lipinski definition) is 4. The number of carbonyl (C=O) groups excluding carboxylic acids is 1. The molecule has 0 bridgehead atoms. The Labute approximate surface area is 120 Å². The summed E-state index contributed by atoms with van der Waals surface area (Å²) in [7, 11) is 0. The molecule has 0 aliphatic carbocycles. The molecule has 0 aliphatic rings. The van der Waals surface area contributed by atoms with Crippen molar-refractivity contribution >= 4 is 23.7 Å². The van der Waals surface area contributed by atoms with E-state index in [-0.39, 0.29) is 11.3 Å². The van der Waals surface area contributed by atoms with Crippen LogP contribution >= 0.6 is 11.8 Å². The Bertz CT molecular complexity index is 638. The van der Waals surface area contributed by atoms with E-state index in [1.54, 1.807) is 6.07 Å². The van der Waals surface area contributed by atoms with Crippen LogP contribution in [0.15, 0.2) is 58.3 Å². The second kappa shape index (κ2) is 6.25. The van der Waals surface area contributed by atoms with Gasteiger partial charge in [0, 0.05) is 11.8 Å². The fourth-order valence-corrected chi connectivity index (χ4v) is 2.46. The third kappa shape index (κ3) is 3.61. The summed E-state index contributed by atoms with van der Waals surface area (Å²) in [6, 6.07) is 14.0. The number of carbonyl (C=O) groups is 2. The zero-order valence-electron chi connectivity index (χ0n) is 10.7. The van der Waals surface area contributed by atoms with Gasteiger partial charge in [-0.25, -0.2) is 4.79 Å². The van der Waals surface area contributed by atoms with Crippen molar-refractivity contribution in [3.05, 3.63) is 54.1 Å². The lowest BCUT2D eigenvalue weighted by atomic mass is 10.2. The molecule has 0 aliphatic heterocycles. The Morgan fingerprint density at radius 3 is 2.40 bits per heavy atom. The number of carboxylic acid groups (broad SMARTS) is 1. The molecule has 0 atom stereocenters. The smallest absolute Gasteiger partial charge is 0.335 e. The number of aromatic carboxylic acids is 1. The van der Waals surface area contributed by atoms with Gasteiger partial charge in [0.25, 0.3) is 0 Å². The first-order valence-corrected chi connectivity index (χ1v) is 6.66. The van der Waals surface area contributed by atoms with Crippen LogP contribution in [-0.4, -0.2) is 17.0 Å². The third-order valence-electron chi connectivity index (χ3n) is 2.42. The first kappa shape index (κ1) is 14.1. The zero-order chi connectivity index (χ0) is 14.5. The van der Waals surface area contributed by atoms with Gasteiger partial charge in [-0.1, -0.05) is 30.0 Å². The van der Waals surface area contributed by atoms with E-state index in [9.17, 15) is 9.59 Å². The minimum Gasteiger partial charge on any atom is -0.478 e. The maximum atomic E-state index is 11.1. The predicted octanol–water partition coefficient (Wildman–Crippen LogP) is 3.46. The lowest BCUT2D eigenvalue weighted by molar-refractivity contribution is -0.132. The highest BCUT2D eigenvalue weighted by Crippen LogP contribution is 2.35. The molecule has 0 spiro atoms. The molecule has 2 aromatic carbocycles. The Balaban J connectivity index is 2.36. The Morgan fingerprint density at radius 2 is 1.80 bits per heavy atom. The maximum absolute atomic E-state index is 11.1. The third-order valence-corrected chi connectivity index (χ3v) is 3.48. The monoisotopic (exact) mass is 288 g/mol. The van der Waals surface area contributed by atoms with Crippen molar-refractivity contribution in [2.24, 2.45) is 0 Å². The van der Waals surface area contributed by atoms with Gasteiger partial charge in [-0.2, -0.15) is 0 Å². The minimum absolute atomic E-state index is 0.0821. The summed E-state index contributed by atoms with van der Waals surface area (Å²) >= 11 is 1.41. The van der Waals surface area contributed by atoms with E-state index in [1.807, 2.05) is 30.3 Å². The molecule has 0 radical (unpaired) electrons. The van der Waals surface area contributed by atoms with E-state index in [2.05, 4.69) is 0 Å². The Hall–Kier alpha value is -2.27. The number of benzene rings is 2. The minimum atomic E-state index is -1.06. The highest BCUT2D eigenvalue weighted by molar-refractivity contribution is 7.99. The number of ether oxygens (including phenoxy) is 1. The zero-order valence-corrected chi connectivity index (χ0v) is 11.5. The van der Waals surface area contributed by atoms with Gasteiger partial charge in [0.15, 0.2) is 0 Å². The van der Waals surface area contributed by atoms with Gasteiger partial charge in [-0.3, -0.25) is 4.79 Å². The highest BCUT2D eigenvalue weighted by Gasteiger charge is 2.12. The fraction of sp³-hybridized carbons (Fsp3) is 0.0667. The number of carboxylic acids is 1. The summed E-state index contributed by atoms with van der Waals surface area (Å²) in [5.41, 5.74) is 0.0821. The van der Waals surface area contributed by atoms with E-state index < -0.39 is 11.9 Å². The van der Waals surface area contributed by atoms with Gasteiger partial charge in [0.2, 0.25) is 0 Å². The van der Waals surface area contributed by atoms with Crippen LogP contribution in [0.3, 0.4) is 0 Å². The lowest BCUT2D eigenvalue weighted by Gasteiger charge is -2.09. The molecule has 0 fully saturated rings. The number of rotatable bonds is 4. The Kier molecular flexibility index (Phi) is 4.42. The molecule has 0 amide bonds. The summed E-state index contributed by atoms with van der Waals surface area (Å²) in [5, 5.41) is 8.98. The fourth-order valence-electron chi connectivity index (χ4n) is 1.58. The van der Waals surface area contributed by atoms with Crippen molar-refractivity contribution in [3.8, 4) is 5.75 Å². The van der Waals surface area contributed by atoms with Gasteiger partial charge >= 0.3 is 11.9 Å². The summed E-state index contributed by atoms with van der Waals surface area (Å²) < 4.78 is 5.09. The predicted molar refractivity (Wildman–Crippen MR) is 75.3 cm³/mol. The first-order valence-electron chi connectivity index (χ1n) is 5.85. The molecule has 5 heteroatoms. The quantitative estimate of drug-likeness (QED) is 0.689. The average molecular weight is 288 g/mol. The summed E-state index contributed by atoms with van der Waals surface area (Å²) in [6.45, 7) is 1.28. The van der Waals surface area contributed by atoms with Crippen molar-refractivity contribution < 1.29 is 19.4 Å². The standard InChI is InChI=1S/C15H12O4S/c1-10(16)19-13-9-11(15(17)18)7-8-14(13)20-12-5-3-2-4-6-12/h2-9H,1H3,(H,17,18). The second-order valence-corrected chi connectivity index (χ2v) is 5.09. The second-order valence-electron chi connectivity index (χ2n) is 3.98. The van der Waals surface area contributed by atoms with Gasteiger partial charge in [-0.05, 0) is 30.3 Å². The molecule has 20 heavy (non-hydrogen) atoms. The average Bonchev–Trinajstić information content (AvgIpc) is 2.41. The number of esters is 1. The van der Waals surface area contributed by atoms with Crippen LogP contribution in [0.1, 0.15) is 17.3 Å². The molecule has 0 saturated heterocycles. The Morgan fingerprint density at radius 1 is 1.10 bits per heavy atom. The first-order chi connectivity index (χ1) is 9.56. The van der Waals surface area contributed by atoms with E-state index in [4.69, 9.17) is 9.84 Å². The van der Waals surface area contributed by atoms with Crippen LogP contribution in [-0.2, 0) is 4.79 Å². The maximum Gasteiger partial charge on any atom is 0.335 e. The molecule has 1 N–H and O–H groups in total. The molecule has 4 nitrogen and oxygen atoms in total. The van der Waals surface area contributed by atoms with Crippen molar-refractivity contribution in [1.29, 1.82) is 0 Å². The van der Waals surface area contributed by atoms with E-state index in [0.717, 1.165) is 4.90 Å². The van der Waals surface area contributed by atoms with Crippen LogP contribution in [0.2, 0.25) is 0 Å². The summed E-state index contributed by atoms with van der Waals surface area (Å²) in [5.74, 6) is -1.29. The molecule has 0 aromatic heterocycles. The van der Waals surface area contributed by atoms with E-state index in [0.29, 0.717) is 4.90 Å². The molecule has 0 unspecified atom stereocenters. The lowest BCUT2D eigenvalue weighted by Crippen LogP contribution is -2.04. The van der Waals surface area contributed by atoms with Crippen molar-refractivity contribution in [2.75, 3.05) is 0 Å². The summed E-state index contributed by atoms with van der Waals surface area (Å²) in [4.78, 5) is 23.7. The van der Waals surface area contributed by atoms with E-state index >= 15 is 0 Å². The van der Waals surface area contributed by atoms with Crippen LogP contribution in [0.5, 0.6) is 5.75 Å². The summed E-state index contributed by atoms with van der Waals surface area (Å²) in [6.07, 6.45) is 0. The van der Waals surface area contributed by atoms with Crippen LogP contribution in [0.4, 0.5) is 0 Å². The van der Waals surface area contributed by atoms with Crippen LogP contribution in [0.25, 0.3) is 0 Å². The van der Waals surface area contributed by atoms with Gasteiger partial charge in [0.1, 0.15) is 5.75 Å². The molecular formula is C15H12O4S. The van der Waals surface area contributed by atoms with E-state index in [1.165, 1.54) is 30.8 Å². The molecular weight excluding hydrogens is 276 g/mol. The van der Waals surface area contributed by atoms with Gasteiger partial charge < -0.3 is 9.84 Å². The molecule has 2 aromatic rings.